The van der Waals surface area contributed by atoms with E-state index in [4.69, 9.17) is 9.40 Å². The first-order valence-corrected chi connectivity index (χ1v) is 11.3. The largest absolute Gasteiger partial charge is 0.444 e. The maximum absolute atomic E-state index is 13.3. The van der Waals surface area contributed by atoms with Crippen LogP contribution in [0.3, 0.4) is 0 Å². The summed E-state index contributed by atoms with van der Waals surface area (Å²) in [6.45, 7) is 2.00. The van der Waals surface area contributed by atoms with Gasteiger partial charge in [-0.3, -0.25) is 9.36 Å². The Kier molecular flexibility index (Phi) is 4.98. The Labute approximate surface area is 181 Å². The third-order valence-electron chi connectivity index (χ3n) is 4.73. The summed E-state index contributed by atoms with van der Waals surface area (Å²) in [6, 6.07) is 19.2. The van der Waals surface area contributed by atoms with Crippen LogP contribution >= 0.6 is 23.1 Å². The number of hydrogen-bond donors (Lipinski definition) is 0. The van der Waals surface area contributed by atoms with Crippen molar-refractivity contribution in [3.05, 3.63) is 93.9 Å². The third-order valence-corrected chi connectivity index (χ3v) is 6.56. The molecule has 7 heteroatoms. The second kappa shape index (κ2) is 7.93. The van der Waals surface area contributed by atoms with E-state index in [0.717, 1.165) is 21.8 Å². The number of aromatic nitrogens is 3. The van der Waals surface area contributed by atoms with Crippen molar-refractivity contribution < 1.29 is 4.42 Å². The van der Waals surface area contributed by atoms with Gasteiger partial charge in [-0.1, -0.05) is 48.2 Å². The molecule has 0 aliphatic rings. The summed E-state index contributed by atoms with van der Waals surface area (Å²) in [4.78, 5) is 23.7. The molecule has 0 saturated carbocycles. The molecule has 5 rings (SSSR count). The summed E-state index contributed by atoms with van der Waals surface area (Å²) in [7, 11) is 0. The van der Waals surface area contributed by atoms with E-state index in [1.165, 1.54) is 11.8 Å². The zero-order valence-electron chi connectivity index (χ0n) is 16.1. The molecule has 0 unspecified atom stereocenters. The fourth-order valence-electron chi connectivity index (χ4n) is 3.26. The number of oxazole rings is 1. The Morgan fingerprint density at radius 3 is 2.70 bits per heavy atom. The van der Waals surface area contributed by atoms with Gasteiger partial charge in [0.2, 0.25) is 5.89 Å². The second-order valence-corrected chi connectivity index (χ2v) is 8.64. The van der Waals surface area contributed by atoms with E-state index >= 15 is 0 Å². The first-order chi connectivity index (χ1) is 14.7. The van der Waals surface area contributed by atoms with Crippen LogP contribution in [0, 0.1) is 6.92 Å². The lowest BCUT2D eigenvalue weighted by Gasteiger charge is -2.14. The predicted molar refractivity (Wildman–Crippen MR) is 121 cm³/mol. The average molecular weight is 432 g/mol. The molecule has 0 N–H and O–H groups in total. The number of thioether (sulfide) groups is 1. The van der Waals surface area contributed by atoms with Crippen molar-refractivity contribution in [1.82, 2.24) is 14.5 Å². The highest BCUT2D eigenvalue weighted by Gasteiger charge is 2.16. The van der Waals surface area contributed by atoms with Crippen LogP contribution in [-0.4, -0.2) is 14.5 Å². The molecule has 0 fully saturated rings. The molecular formula is C23H17N3O2S2. The van der Waals surface area contributed by atoms with Gasteiger partial charge in [-0.2, -0.15) is 0 Å². The molecule has 2 aromatic carbocycles. The van der Waals surface area contributed by atoms with Gasteiger partial charge in [0, 0.05) is 5.75 Å². The molecule has 5 aromatic rings. The lowest BCUT2D eigenvalue weighted by atomic mass is 10.2. The summed E-state index contributed by atoms with van der Waals surface area (Å²) in [5.41, 5.74) is 3.27. The van der Waals surface area contributed by atoms with Crippen LogP contribution < -0.4 is 5.56 Å². The molecule has 5 nitrogen and oxygen atoms in total. The van der Waals surface area contributed by atoms with Crippen molar-refractivity contribution in [2.75, 3.05) is 0 Å². The van der Waals surface area contributed by atoms with Gasteiger partial charge in [0.1, 0.15) is 6.26 Å². The second-order valence-electron chi connectivity index (χ2n) is 6.75. The summed E-state index contributed by atoms with van der Waals surface area (Å²) in [6.07, 6.45) is 1.67. The fraction of sp³-hybridized carbons (Fsp3) is 0.0870. The molecular weight excluding hydrogens is 414 g/mol. The molecule has 0 radical (unpaired) electrons. The normalized spacial score (nSPS) is 11.2. The van der Waals surface area contributed by atoms with E-state index in [9.17, 15) is 4.79 Å². The molecule has 0 spiro atoms. The first-order valence-electron chi connectivity index (χ1n) is 9.39. The van der Waals surface area contributed by atoms with Crippen LogP contribution in [0.2, 0.25) is 0 Å². The number of rotatable bonds is 5. The molecule has 0 atom stereocenters. The van der Waals surface area contributed by atoms with Crippen LogP contribution in [0.25, 0.3) is 27.4 Å². The van der Waals surface area contributed by atoms with Gasteiger partial charge in [0.05, 0.1) is 27.2 Å². The predicted octanol–water partition coefficient (Wildman–Crippen LogP) is 5.70. The van der Waals surface area contributed by atoms with E-state index in [2.05, 4.69) is 4.98 Å². The number of aryl methyl sites for hydroxylation is 1. The highest BCUT2D eigenvalue weighted by Crippen LogP contribution is 2.28. The Balaban J connectivity index is 1.56. The maximum atomic E-state index is 13.3. The molecule has 30 heavy (non-hydrogen) atoms. The van der Waals surface area contributed by atoms with Crippen LogP contribution in [-0.2, 0) is 5.75 Å². The van der Waals surface area contributed by atoms with Crippen LogP contribution in [0.1, 0.15) is 11.3 Å². The van der Waals surface area contributed by atoms with Crippen molar-refractivity contribution in [1.29, 1.82) is 0 Å². The highest BCUT2D eigenvalue weighted by atomic mass is 32.2. The van der Waals surface area contributed by atoms with Gasteiger partial charge in [-0.05, 0) is 42.1 Å². The Morgan fingerprint density at radius 1 is 1.03 bits per heavy atom. The number of thiophene rings is 1. The minimum Gasteiger partial charge on any atom is -0.444 e. The number of benzene rings is 2. The van der Waals surface area contributed by atoms with Crippen molar-refractivity contribution in [2.24, 2.45) is 0 Å². The zero-order chi connectivity index (χ0) is 20.5. The Morgan fingerprint density at radius 2 is 1.87 bits per heavy atom. The minimum atomic E-state index is -0.0724. The molecule has 0 bridgehead atoms. The molecule has 3 aromatic heterocycles. The number of nitrogens with zero attached hydrogens (tertiary/aromatic N) is 3. The summed E-state index contributed by atoms with van der Waals surface area (Å²) in [5.74, 6) is 1.16. The molecule has 0 amide bonds. The van der Waals surface area contributed by atoms with Crippen molar-refractivity contribution in [3.8, 4) is 16.5 Å². The molecule has 0 aliphatic heterocycles. The van der Waals surface area contributed by atoms with Gasteiger partial charge < -0.3 is 4.42 Å². The lowest BCUT2D eigenvalue weighted by molar-refractivity contribution is 0.575. The summed E-state index contributed by atoms with van der Waals surface area (Å²) >= 11 is 3.06. The van der Waals surface area contributed by atoms with Crippen LogP contribution in [0.4, 0.5) is 0 Å². The Bertz CT molecular complexity index is 1390. The van der Waals surface area contributed by atoms with Gasteiger partial charge in [0.15, 0.2) is 5.16 Å². The molecule has 0 saturated heterocycles. The quantitative estimate of drug-likeness (QED) is 0.264. The van der Waals surface area contributed by atoms with Gasteiger partial charge in [-0.15, -0.1) is 11.3 Å². The van der Waals surface area contributed by atoms with Crippen molar-refractivity contribution in [2.45, 2.75) is 17.8 Å². The van der Waals surface area contributed by atoms with Gasteiger partial charge >= 0.3 is 0 Å². The summed E-state index contributed by atoms with van der Waals surface area (Å²) in [5, 5.41) is 3.23. The number of fused-ring (bicyclic) bond motifs is 1. The van der Waals surface area contributed by atoms with Crippen molar-refractivity contribution >= 4 is 34.0 Å². The van der Waals surface area contributed by atoms with E-state index in [-0.39, 0.29) is 5.56 Å². The molecule has 3 heterocycles. The Hall–Kier alpha value is -3.16. The standard InChI is InChI=1S/C23H17N3O2S2/c1-15-7-2-5-10-19(15)26-22(27)17-8-3-4-9-18(17)25-23(26)30-14-16-13-28-21(24-16)20-11-6-12-29-20/h2-13H,14H2,1H3. The zero-order valence-corrected chi connectivity index (χ0v) is 17.7. The monoisotopic (exact) mass is 431 g/mol. The average Bonchev–Trinajstić information content (AvgIpc) is 3.45. The van der Waals surface area contributed by atoms with E-state index < -0.39 is 0 Å². The third kappa shape index (κ3) is 3.46. The fourth-order valence-corrected chi connectivity index (χ4v) is 4.80. The lowest BCUT2D eigenvalue weighted by Crippen LogP contribution is -2.22. The van der Waals surface area contributed by atoms with E-state index in [1.807, 2.05) is 73.0 Å². The van der Waals surface area contributed by atoms with Crippen molar-refractivity contribution in [3.63, 3.8) is 0 Å². The van der Waals surface area contributed by atoms with Crippen LogP contribution in [0.15, 0.2) is 86.7 Å². The van der Waals surface area contributed by atoms with E-state index in [0.29, 0.717) is 27.7 Å². The SMILES string of the molecule is Cc1ccccc1-n1c(SCc2coc(-c3cccs3)n2)nc2ccccc2c1=O. The number of hydrogen-bond acceptors (Lipinski definition) is 6. The topological polar surface area (TPSA) is 60.9 Å². The molecule has 148 valence electrons. The number of para-hydroxylation sites is 2. The van der Waals surface area contributed by atoms with Crippen LogP contribution in [0.5, 0.6) is 0 Å². The van der Waals surface area contributed by atoms with Gasteiger partial charge in [-0.25, -0.2) is 9.97 Å². The smallest absolute Gasteiger partial charge is 0.266 e. The first kappa shape index (κ1) is 18.8. The minimum absolute atomic E-state index is 0.0724. The highest BCUT2D eigenvalue weighted by molar-refractivity contribution is 7.98. The summed E-state index contributed by atoms with van der Waals surface area (Å²) < 4.78 is 7.32. The van der Waals surface area contributed by atoms with Gasteiger partial charge in [0.25, 0.3) is 5.56 Å². The van der Waals surface area contributed by atoms with E-state index in [1.54, 1.807) is 22.2 Å². The maximum Gasteiger partial charge on any atom is 0.266 e. The molecule has 0 aliphatic carbocycles.